The lowest BCUT2D eigenvalue weighted by Gasteiger charge is -2.33. The van der Waals surface area contributed by atoms with Crippen molar-refractivity contribution in [2.75, 3.05) is 18.2 Å². The standard InChI is InChI=1S/C17H24N2O2S/c1-22-11-12-4-2-5-13(10-12)18-17(20)19-15-6-3-7-16-14(15)8-9-21-16/h2,4-5,10,14-16H,3,6-9,11H2,1H3,(H2,18,19,20)/t14-,15-,16+/m1/s1. The van der Waals surface area contributed by atoms with Gasteiger partial charge in [-0.3, -0.25) is 0 Å². The predicted octanol–water partition coefficient (Wildman–Crippen LogP) is 3.63. The van der Waals surface area contributed by atoms with E-state index in [4.69, 9.17) is 4.74 Å². The Hall–Kier alpha value is -1.20. The molecule has 0 radical (unpaired) electrons. The van der Waals surface area contributed by atoms with Crippen molar-refractivity contribution in [3.63, 3.8) is 0 Å². The van der Waals surface area contributed by atoms with Crippen molar-refractivity contribution in [3.05, 3.63) is 29.8 Å². The van der Waals surface area contributed by atoms with Crippen molar-refractivity contribution in [1.82, 2.24) is 5.32 Å². The summed E-state index contributed by atoms with van der Waals surface area (Å²) in [5, 5.41) is 6.12. The molecular weight excluding hydrogens is 296 g/mol. The fourth-order valence-corrected chi connectivity index (χ4v) is 4.11. The number of benzene rings is 1. The number of fused-ring (bicyclic) bond motifs is 1. The van der Waals surface area contributed by atoms with Crippen LogP contribution in [-0.2, 0) is 10.5 Å². The average Bonchev–Trinajstić information content (AvgIpc) is 2.97. The zero-order chi connectivity index (χ0) is 15.4. The van der Waals surface area contributed by atoms with Crippen LogP contribution in [0, 0.1) is 5.92 Å². The summed E-state index contributed by atoms with van der Waals surface area (Å²) in [4.78, 5) is 12.3. The lowest BCUT2D eigenvalue weighted by atomic mass is 9.82. The van der Waals surface area contributed by atoms with Gasteiger partial charge in [0, 0.05) is 30.0 Å². The molecule has 2 aliphatic rings. The number of amides is 2. The lowest BCUT2D eigenvalue weighted by Crippen LogP contribution is -2.47. The molecule has 0 bridgehead atoms. The third-order valence-corrected chi connectivity index (χ3v) is 5.22. The Balaban J connectivity index is 1.56. The minimum Gasteiger partial charge on any atom is -0.378 e. The molecule has 1 heterocycles. The SMILES string of the molecule is CSCc1cccc(NC(=O)N[C@@H]2CCC[C@@H]3OCC[C@@H]32)c1. The van der Waals surface area contributed by atoms with Gasteiger partial charge in [-0.25, -0.2) is 4.79 Å². The Labute approximate surface area is 136 Å². The molecule has 0 unspecified atom stereocenters. The van der Waals surface area contributed by atoms with Gasteiger partial charge in [-0.15, -0.1) is 0 Å². The molecule has 22 heavy (non-hydrogen) atoms. The molecule has 1 saturated heterocycles. The van der Waals surface area contributed by atoms with Gasteiger partial charge in [0.15, 0.2) is 0 Å². The van der Waals surface area contributed by atoms with Gasteiger partial charge >= 0.3 is 6.03 Å². The lowest BCUT2D eigenvalue weighted by molar-refractivity contribution is 0.0553. The van der Waals surface area contributed by atoms with Gasteiger partial charge in [-0.2, -0.15) is 11.8 Å². The Kier molecular flexibility index (Phi) is 5.26. The number of carbonyl (C=O) groups is 1. The van der Waals surface area contributed by atoms with Crippen LogP contribution >= 0.6 is 11.8 Å². The van der Waals surface area contributed by atoms with Crippen molar-refractivity contribution < 1.29 is 9.53 Å². The average molecular weight is 320 g/mol. The number of thioether (sulfide) groups is 1. The summed E-state index contributed by atoms with van der Waals surface area (Å²) < 4.78 is 5.76. The highest BCUT2D eigenvalue weighted by Crippen LogP contribution is 2.34. The number of carbonyl (C=O) groups excluding carboxylic acids is 1. The first-order valence-electron chi connectivity index (χ1n) is 8.03. The first-order chi connectivity index (χ1) is 10.8. The second kappa shape index (κ2) is 7.38. The van der Waals surface area contributed by atoms with Crippen molar-refractivity contribution in [2.45, 2.75) is 43.6 Å². The molecule has 4 nitrogen and oxygen atoms in total. The molecule has 2 N–H and O–H groups in total. The normalized spacial score (nSPS) is 27.2. The van der Waals surface area contributed by atoms with E-state index in [9.17, 15) is 4.79 Å². The van der Waals surface area contributed by atoms with E-state index in [1.54, 1.807) is 11.8 Å². The molecule has 5 heteroatoms. The summed E-state index contributed by atoms with van der Waals surface area (Å²) in [5.41, 5.74) is 2.09. The number of rotatable bonds is 4. The maximum Gasteiger partial charge on any atom is 0.319 e. The third kappa shape index (κ3) is 3.76. The third-order valence-electron chi connectivity index (χ3n) is 4.59. The summed E-state index contributed by atoms with van der Waals surface area (Å²) in [6.45, 7) is 0.839. The predicted molar refractivity (Wildman–Crippen MR) is 91.3 cm³/mol. The van der Waals surface area contributed by atoms with Crippen molar-refractivity contribution in [1.29, 1.82) is 0 Å². The number of nitrogens with one attached hydrogen (secondary N) is 2. The van der Waals surface area contributed by atoms with Crippen LogP contribution in [0.15, 0.2) is 24.3 Å². The van der Waals surface area contributed by atoms with E-state index in [0.29, 0.717) is 12.0 Å². The monoisotopic (exact) mass is 320 g/mol. The summed E-state index contributed by atoms with van der Waals surface area (Å²) in [6.07, 6.45) is 6.83. The quantitative estimate of drug-likeness (QED) is 0.891. The highest BCUT2D eigenvalue weighted by atomic mass is 32.2. The zero-order valence-corrected chi connectivity index (χ0v) is 13.8. The number of anilines is 1. The number of hydrogen-bond donors (Lipinski definition) is 2. The van der Waals surface area contributed by atoms with Crippen molar-refractivity contribution in [3.8, 4) is 0 Å². The first kappa shape index (κ1) is 15.7. The number of urea groups is 1. The summed E-state index contributed by atoms with van der Waals surface area (Å²) in [5.74, 6) is 1.45. The molecule has 2 amide bonds. The van der Waals surface area contributed by atoms with Crippen LogP contribution in [-0.4, -0.2) is 31.0 Å². The molecule has 1 aliphatic heterocycles. The molecule has 2 fully saturated rings. The van der Waals surface area contributed by atoms with Gasteiger partial charge in [-0.1, -0.05) is 12.1 Å². The first-order valence-corrected chi connectivity index (χ1v) is 9.42. The molecular formula is C17H24N2O2S. The summed E-state index contributed by atoms with van der Waals surface area (Å²) >= 11 is 1.78. The summed E-state index contributed by atoms with van der Waals surface area (Å²) in [7, 11) is 0. The number of ether oxygens (including phenoxy) is 1. The molecule has 1 aromatic carbocycles. The fourth-order valence-electron chi connectivity index (χ4n) is 3.60. The largest absolute Gasteiger partial charge is 0.378 e. The molecule has 0 spiro atoms. The smallest absolute Gasteiger partial charge is 0.319 e. The van der Waals surface area contributed by atoms with Crippen LogP contribution in [0.1, 0.15) is 31.2 Å². The van der Waals surface area contributed by atoms with Gasteiger partial charge in [0.2, 0.25) is 0 Å². The van der Waals surface area contributed by atoms with E-state index < -0.39 is 0 Å². The van der Waals surface area contributed by atoms with Gasteiger partial charge < -0.3 is 15.4 Å². The van der Waals surface area contributed by atoms with E-state index >= 15 is 0 Å². The van der Waals surface area contributed by atoms with Crippen molar-refractivity contribution in [2.24, 2.45) is 5.92 Å². The maximum atomic E-state index is 12.3. The molecule has 1 saturated carbocycles. The Morgan fingerprint density at radius 3 is 3.14 bits per heavy atom. The van der Waals surface area contributed by atoms with E-state index in [-0.39, 0.29) is 12.1 Å². The second-order valence-electron chi connectivity index (χ2n) is 6.13. The topological polar surface area (TPSA) is 50.4 Å². The van der Waals surface area contributed by atoms with Crippen LogP contribution in [0.5, 0.6) is 0 Å². The highest BCUT2D eigenvalue weighted by molar-refractivity contribution is 7.97. The molecule has 3 rings (SSSR count). The second-order valence-corrected chi connectivity index (χ2v) is 7.00. The van der Waals surface area contributed by atoms with Crippen LogP contribution in [0.4, 0.5) is 10.5 Å². The molecule has 0 aromatic heterocycles. The van der Waals surface area contributed by atoms with Gasteiger partial charge in [0.05, 0.1) is 6.10 Å². The van der Waals surface area contributed by atoms with Crippen LogP contribution in [0.2, 0.25) is 0 Å². The van der Waals surface area contributed by atoms with Gasteiger partial charge in [0.1, 0.15) is 0 Å². The van der Waals surface area contributed by atoms with Gasteiger partial charge in [-0.05, 0) is 49.6 Å². The highest BCUT2D eigenvalue weighted by Gasteiger charge is 2.38. The zero-order valence-electron chi connectivity index (χ0n) is 13.0. The van der Waals surface area contributed by atoms with Crippen LogP contribution < -0.4 is 10.6 Å². The summed E-state index contributed by atoms with van der Waals surface area (Å²) in [6, 6.07) is 8.20. The molecule has 1 aromatic rings. The molecule has 1 aliphatic carbocycles. The van der Waals surface area contributed by atoms with E-state index in [1.165, 1.54) is 5.56 Å². The van der Waals surface area contributed by atoms with Crippen LogP contribution in [0.3, 0.4) is 0 Å². The van der Waals surface area contributed by atoms with Gasteiger partial charge in [0.25, 0.3) is 0 Å². The van der Waals surface area contributed by atoms with E-state index in [0.717, 1.165) is 43.7 Å². The van der Waals surface area contributed by atoms with E-state index in [2.05, 4.69) is 23.0 Å². The maximum absolute atomic E-state index is 12.3. The Morgan fingerprint density at radius 2 is 2.27 bits per heavy atom. The minimum absolute atomic E-state index is 0.0983. The van der Waals surface area contributed by atoms with E-state index in [1.807, 2.05) is 18.2 Å². The van der Waals surface area contributed by atoms with Crippen LogP contribution in [0.25, 0.3) is 0 Å². The minimum atomic E-state index is -0.0983. The molecule has 3 atom stereocenters. The fraction of sp³-hybridized carbons (Fsp3) is 0.588. The number of hydrogen-bond acceptors (Lipinski definition) is 3. The Morgan fingerprint density at radius 1 is 1.36 bits per heavy atom. The molecule has 120 valence electrons. The van der Waals surface area contributed by atoms with Crippen molar-refractivity contribution >= 4 is 23.5 Å². The Bertz CT molecular complexity index is 523.